The fourth-order valence-electron chi connectivity index (χ4n) is 5.05. The highest BCUT2D eigenvalue weighted by Crippen LogP contribution is 2.42. The van der Waals surface area contributed by atoms with Crippen molar-refractivity contribution in [2.45, 2.75) is 58.5 Å². The summed E-state index contributed by atoms with van der Waals surface area (Å²) in [5.74, 6) is 2.45. The van der Waals surface area contributed by atoms with Crippen LogP contribution in [0.4, 0.5) is 0 Å². The van der Waals surface area contributed by atoms with Crippen LogP contribution in [0.3, 0.4) is 0 Å². The van der Waals surface area contributed by atoms with Crippen molar-refractivity contribution in [2.24, 2.45) is 0 Å². The molecule has 9 heteroatoms. The lowest BCUT2D eigenvalue weighted by atomic mass is 9.81. The van der Waals surface area contributed by atoms with E-state index >= 15 is 0 Å². The third-order valence-electron chi connectivity index (χ3n) is 7.34. The van der Waals surface area contributed by atoms with E-state index in [9.17, 15) is 0 Å². The highest BCUT2D eigenvalue weighted by Gasteiger charge is 2.28. The van der Waals surface area contributed by atoms with E-state index in [1.807, 2.05) is 24.0 Å². The standard InChI is InChI=1S/C28H30N8O/c1-5-35-15-17(2)33-26(35)21-11-9-19(10-12-21)18(3)36-27-22(14-32-36)13-29-25(34-27)23-24(20-7-6-8-20)30-16-31-28(23)37-4/h9-16,18,20H,5-8H2,1-4H3/t18-/m0/s1. The average molecular weight is 495 g/mol. The molecule has 5 aromatic rings. The monoisotopic (exact) mass is 494 g/mol. The number of aromatic nitrogens is 8. The van der Waals surface area contributed by atoms with Gasteiger partial charge in [0.25, 0.3) is 0 Å². The molecule has 0 bridgehead atoms. The Balaban J connectivity index is 1.37. The van der Waals surface area contributed by atoms with Crippen molar-refractivity contribution in [2.75, 3.05) is 7.11 Å². The zero-order valence-electron chi connectivity index (χ0n) is 21.6. The van der Waals surface area contributed by atoms with Crippen molar-refractivity contribution >= 4 is 11.0 Å². The Hall–Kier alpha value is -4.14. The van der Waals surface area contributed by atoms with E-state index in [1.165, 1.54) is 6.42 Å². The van der Waals surface area contributed by atoms with E-state index in [1.54, 1.807) is 13.4 Å². The van der Waals surface area contributed by atoms with Gasteiger partial charge >= 0.3 is 0 Å². The zero-order chi connectivity index (χ0) is 25.5. The first-order valence-corrected chi connectivity index (χ1v) is 12.8. The smallest absolute Gasteiger partial charge is 0.227 e. The molecule has 9 nitrogen and oxygen atoms in total. The Morgan fingerprint density at radius 2 is 1.86 bits per heavy atom. The van der Waals surface area contributed by atoms with Crippen molar-refractivity contribution in [3.05, 3.63) is 66.1 Å². The van der Waals surface area contributed by atoms with Crippen LogP contribution in [-0.4, -0.2) is 46.4 Å². The normalized spacial score (nSPS) is 14.6. The number of rotatable bonds is 7. The molecule has 0 amide bonds. The van der Waals surface area contributed by atoms with E-state index < -0.39 is 0 Å². The highest BCUT2D eigenvalue weighted by atomic mass is 16.5. The van der Waals surface area contributed by atoms with Crippen LogP contribution in [-0.2, 0) is 6.54 Å². The van der Waals surface area contributed by atoms with Gasteiger partial charge in [0, 0.05) is 30.4 Å². The quantitative estimate of drug-likeness (QED) is 0.300. The summed E-state index contributed by atoms with van der Waals surface area (Å²) in [5.41, 5.74) is 5.77. The average Bonchev–Trinajstić information content (AvgIpc) is 3.50. The first-order chi connectivity index (χ1) is 18.1. The number of methoxy groups -OCH3 is 1. The molecule has 1 aromatic carbocycles. The predicted molar refractivity (Wildman–Crippen MR) is 141 cm³/mol. The number of fused-ring (bicyclic) bond motifs is 1. The number of nitrogens with zero attached hydrogens (tertiary/aromatic N) is 8. The number of benzene rings is 1. The summed E-state index contributed by atoms with van der Waals surface area (Å²) in [5, 5.41) is 5.56. The number of hydrogen-bond acceptors (Lipinski definition) is 7. The molecule has 6 rings (SSSR count). The molecule has 0 spiro atoms. The van der Waals surface area contributed by atoms with Gasteiger partial charge in [-0.3, -0.25) is 0 Å². The molecule has 0 saturated heterocycles. The predicted octanol–water partition coefficient (Wildman–Crippen LogP) is 5.36. The van der Waals surface area contributed by atoms with E-state index in [2.05, 4.69) is 68.9 Å². The van der Waals surface area contributed by atoms with Gasteiger partial charge in [0.05, 0.1) is 36.1 Å². The second kappa shape index (κ2) is 9.38. The molecule has 4 heterocycles. The van der Waals surface area contributed by atoms with Crippen molar-refractivity contribution in [3.8, 4) is 28.7 Å². The van der Waals surface area contributed by atoms with Gasteiger partial charge in [0.1, 0.15) is 17.7 Å². The van der Waals surface area contributed by atoms with E-state index in [0.717, 1.165) is 64.3 Å². The Kier molecular flexibility index (Phi) is 5.90. The first kappa shape index (κ1) is 23.3. The third-order valence-corrected chi connectivity index (χ3v) is 7.34. The van der Waals surface area contributed by atoms with Crippen LogP contribution >= 0.6 is 0 Å². The molecule has 1 aliphatic rings. The zero-order valence-corrected chi connectivity index (χ0v) is 21.6. The number of aryl methyl sites for hydroxylation is 2. The van der Waals surface area contributed by atoms with E-state index in [0.29, 0.717) is 17.6 Å². The van der Waals surface area contributed by atoms with Gasteiger partial charge in [-0.25, -0.2) is 29.6 Å². The lowest BCUT2D eigenvalue weighted by molar-refractivity contribution is 0.386. The van der Waals surface area contributed by atoms with E-state index in [-0.39, 0.29) is 6.04 Å². The summed E-state index contributed by atoms with van der Waals surface area (Å²) in [4.78, 5) is 23.3. The maximum Gasteiger partial charge on any atom is 0.227 e. The van der Waals surface area contributed by atoms with Crippen molar-refractivity contribution in [1.82, 2.24) is 39.3 Å². The summed E-state index contributed by atoms with van der Waals surface area (Å²) >= 11 is 0. The van der Waals surface area contributed by atoms with Crippen LogP contribution in [0.2, 0.25) is 0 Å². The Labute approximate surface area is 215 Å². The minimum Gasteiger partial charge on any atom is -0.480 e. The van der Waals surface area contributed by atoms with E-state index in [4.69, 9.17) is 14.7 Å². The lowest BCUT2D eigenvalue weighted by Gasteiger charge is -2.26. The molecule has 1 saturated carbocycles. The Morgan fingerprint density at radius 3 is 2.57 bits per heavy atom. The van der Waals surface area contributed by atoms with Crippen molar-refractivity contribution < 1.29 is 4.74 Å². The summed E-state index contributed by atoms with van der Waals surface area (Å²) in [6, 6.07) is 8.51. The van der Waals surface area contributed by atoms with Crippen molar-refractivity contribution in [3.63, 3.8) is 0 Å². The molecule has 0 radical (unpaired) electrons. The highest BCUT2D eigenvalue weighted by molar-refractivity contribution is 5.77. The van der Waals surface area contributed by atoms with Crippen LogP contribution in [0.1, 0.15) is 62.0 Å². The molecule has 1 atom stereocenters. The molecule has 0 N–H and O–H groups in total. The summed E-state index contributed by atoms with van der Waals surface area (Å²) in [6.45, 7) is 7.17. The molecule has 4 aromatic heterocycles. The minimum absolute atomic E-state index is 0.0259. The maximum absolute atomic E-state index is 5.60. The van der Waals surface area contributed by atoms with Gasteiger partial charge < -0.3 is 9.30 Å². The minimum atomic E-state index is -0.0259. The number of hydrogen-bond donors (Lipinski definition) is 0. The van der Waals surface area contributed by atoms with Crippen molar-refractivity contribution in [1.29, 1.82) is 0 Å². The van der Waals surface area contributed by atoms with Gasteiger partial charge in [0.15, 0.2) is 11.5 Å². The number of imidazole rings is 1. The lowest BCUT2D eigenvalue weighted by Crippen LogP contribution is -2.14. The molecule has 188 valence electrons. The van der Waals surface area contributed by atoms with Crippen LogP contribution in [0.15, 0.2) is 49.2 Å². The van der Waals surface area contributed by atoms with Gasteiger partial charge in [-0.15, -0.1) is 0 Å². The van der Waals surface area contributed by atoms with Crippen LogP contribution < -0.4 is 4.74 Å². The topological polar surface area (TPSA) is 96.4 Å². The van der Waals surface area contributed by atoms with Gasteiger partial charge in [0.2, 0.25) is 5.88 Å². The fraction of sp³-hybridized carbons (Fsp3) is 0.357. The van der Waals surface area contributed by atoms with Gasteiger partial charge in [-0.2, -0.15) is 5.10 Å². The largest absolute Gasteiger partial charge is 0.480 e. The molecular formula is C28H30N8O. The van der Waals surface area contributed by atoms with Crippen LogP contribution in [0, 0.1) is 6.92 Å². The molecular weight excluding hydrogens is 464 g/mol. The SMILES string of the molecule is CCn1cc(C)nc1-c1ccc([C@H](C)n2ncc3cnc(-c4c(OC)ncnc4C4CCC4)nc32)cc1. The molecule has 0 aliphatic heterocycles. The summed E-state index contributed by atoms with van der Waals surface area (Å²) < 4.78 is 9.73. The summed E-state index contributed by atoms with van der Waals surface area (Å²) in [7, 11) is 1.62. The first-order valence-electron chi connectivity index (χ1n) is 12.8. The summed E-state index contributed by atoms with van der Waals surface area (Å²) in [6.07, 6.45) is 10.7. The third kappa shape index (κ3) is 4.04. The molecule has 37 heavy (non-hydrogen) atoms. The fourth-order valence-corrected chi connectivity index (χ4v) is 5.05. The van der Waals surface area contributed by atoms with Crippen LogP contribution in [0.5, 0.6) is 5.88 Å². The molecule has 1 aliphatic carbocycles. The number of ether oxygens (including phenoxy) is 1. The van der Waals surface area contributed by atoms with Gasteiger partial charge in [-0.05, 0) is 39.2 Å². The molecule has 0 unspecified atom stereocenters. The van der Waals surface area contributed by atoms with Gasteiger partial charge in [-0.1, -0.05) is 30.7 Å². The second-order valence-corrected chi connectivity index (χ2v) is 9.62. The Bertz CT molecular complexity index is 1570. The Morgan fingerprint density at radius 1 is 1.05 bits per heavy atom. The van der Waals surface area contributed by atoms with Crippen LogP contribution in [0.25, 0.3) is 33.8 Å². The maximum atomic E-state index is 5.60. The molecule has 1 fully saturated rings. The second-order valence-electron chi connectivity index (χ2n) is 9.62.